The van der Waals surface area contributed by atoms with Gasteiger partial charge in [0.1, 0.15) is 0 Å². The van der Waals surface area contributed by atoms with E-state index in [1.165, 1.54) is 11.1 Å². The number of hydrogen-bond donors (Lipinski definition) is 2. The Kier molecular flexibility index (Phi) is 3.93. The highest BCUT2D eigenvalue weighted by atomic mass is 15.1. The molecule has 0 amide bonds. The molecule has 20 heavy (non-hydrogen) atoms. The minimum absolute atomic E-state index is 0.125. The first-order chi connectivity index (χ1) is 9.34. The largest absolute Gasteiger partial charge is 0.369 e. The van der Waals surface area contributed by atoms with E-state index >= 15 is 0 Å². The van der Waals surface area contributed by atoms with Crippen molar-refractivity contribution in [2.75, 3.05) is 11.9 Å². The number of aliphatic imine (C=N–C) groups is 2. The van der Waals surface area contributed by atoms with E-state index in [-0.39, 0.29) is 5.41 Å². The van der Waals surface area contributed by atoms with Crippen LogP contribution >= 0.6 is 0 Å². The maximum absolute atomic E-state index is 5.92. The van der Waals surface area contributed by atoms with Crippen molar-refractivity contribution in [3.05, 3.63) is 41.5 Å². The van der Waals surface area contributed by atoms with E-state index in [0.29, 0.717) is 18.3 Å². The van der Waals surface area contributed by atoms with Gasteiger partial charge >= 0.3 is 0 Å². The van der Waals surface area contributed by atoms with E-state index in [9.17, 15) is 0 Å². The van der Waals surface area contributed by atoms with Gasteiger partial charge in [-0.05, 0) is 41.7 Å². The van der Waals surface area contributed by atoms with E-state index in [4.69, 9.17) is 5.73 Å². The Balaban J connectivity index is 2.07. The van der Waals surface area contributed by atoms with Crippen LogP contribution in [0.3, 0.4) is 0 Å². The number of nitrogens with two attached hydrogens (primary N) is 1. The van der Waals surface area contributed by atoms with Gasteiger partial charge in [-0.15, -0.1) is 0 Å². The maximum atomic E-state index is 5.92. The highest BCUT2D eigenvalue weighted by molar-refractivity contribution is 6.07. The smallest absolute Gasteiger partial charge is 0.199 e. The molecule has 0 radical (unpaired) electrons. The molecule has 0 unspecified atom stereocenters. The predicted octanol–water partition coefficient (Wildman–Crippen LogP) is 3.11. The molecule has 1 aliphatic rings. The highest BCUT2D eigenvalue weighted by Crippen LogP contribution is 2.28. The van der Waals surface area contributed by atoms with Crippen LogP contribution in [0.4, 0.5) is 5.69 Å². The second-order valence-electron chi connectivity index (χ2n) is 6.09. The molecule has 106 valence electrons. The standard InChI is InChI=1S/C16H22N4/c1-11-6-5-7-13(8-11)19-15(17)20-14-9-12(10-18-14)16(2,3)4/h5-9H,10H2,1-4H3,(H3,17,18,19,20). The number of nitrogens with one attached hydrogen (secondary N) is 1. The minimum Gasteiger partial charge on any atom is -0.369 e. The van der Waals surface area contributed by atoms with E-state index in [0.717, 1.165) is 5.69 Å². The van der Waals surface area contributed by atoms with Crippen LogP contribution in [0.25, 0.3) is 0 Å². The van der Waals surface area contributed by atoms with Crippen LogP contribution in [-0.2, 0) is 0 Å². The fourth-order valence-electron chi connectivity index (χ4n) is 1.96. The SMILES string of the molecule is Cc1cccc(NC(N)=NC2=NCC(C(C)(C)C)=C2)c1. The topological polar surface area (TPSA) is 62.8 Å². The van der Waals surface area contributed by atoms with Crippen LogP contribution in [0.2, 0.25) is 0 Å². The lowest BCUT2D eigenvalue weighted by Crippen LogP contribution is -2.23. The summed E-state index contributed by atoms with van der Waals surface area (Å²) in [6, 6.07) is 8.01. The van der Waals surface area contributed by atoms with Gasteiger partial charge in [0.25, 0.3) is 0 Å². The summed E-state index contributed by atoms with van der Waals surface area (Å²) in [6.07, 6.45) is 2.02. The van der Waals surface area contributed by atoms with Gasteiger partial charge in [0, 0.05) is 5.69 Å². The second-order valence-corrected chi connectivity index (χ2v) is 6.09. The summed E-state index contributed by atoms with van der Waals surface area (Å²) < 4.78 is 0. The lowest BCUT2D eigenvalue weighted by atomic mass is 9.87. The van der Waals surface area contributed by atoms with E-state index < -0.39 is 0 Å². The second kappa shape index (κ2) is 5.49. The average Bonchev–Trinajstić information content (AvgIpc) is 2.76. The molecular weight excluding hydrogens is 248 g/mol. The fourth-order valence-corrected chi connectivity index (χ4v) is 1.96. The molecule has 3 N–H and O–H groups in total. The van der Waals surface area contributed by atoms with Crippen LogP contribution < -0.4 is 11.1 Å². The number of rotatable bonds is 1. The molecule has 0 aliphatic carbocycles. The van der Waals surface area contributed by atoms with Crippen molar-refractivity contribution in [1.82, 2.24) is 0 Å². The molecule has 2 rings (SSSR count). The molecule has 1 aliphatic heterocycles. The summed E-state index contributed by atoms with van der Waals surface area (Å²) >= 11 is 0. The first-order valence-electron chi connectivity index (χ1n) is 6.78. The zero-order valence-electron chi connectivity index (χ0n) is 12.6. The zero-order valence-corrected chi connectivity index (χ0v) is 12.6. The minimum atomic E-state index is 0.125. The molecule has 4 nitrogen and oxygen atoms in total. The molecule has 1 heterocycles. The molecule has 0 saturated carbocycles. The number of amidine groups is 1. The van der Waals surface area contributed by atoms with Gasteiger partial charge in [-0.25, -0.2) is 0 Å². The quantitative estimate of drug-likeness (QED) is 0.608. The van der Waals surface area contributed by atoms with Crippen molar-refractivity contribution in [3.8, 4) is 0 Å². The van der Waals surface area contributed by atoms with E-state index in [2.05, 4.69) is 36.1 Å². The van der Waals surface area contributed by atoms with Crippen molar-refractivity contribution < 1.29 is 0 Å². The Hall–Kier alpha value is -2.10. The summed E-state index contributed by atoms with van der Waals surface area (Å²) in [5.74, 6) is 1.05. The first-order valence-corrected chi connectivity index (χ1v) is 6.78. The van der Waals surface area contributed by atoms with Gasteiger partial charge in [0.2, 0.25) is 0 Å². The number of hydrogen-bond acceptors (Lipinski definition) is 2. The molecule has 0 aromatic heterocycles. The number of guanidine groups is 1. The summed E-state index contributed by atoms with van der Waals surface area (Å²) in [5, 5.41) is 3.08. The van der Waals surface area contributed by atoms with Crippen LogP contribution in [-0.4, -0.2) is 18.3 Å². The summed E-state index contributed by atoms with van der Waals surface area (Å²) in [7, 11) is 0. The number of aryl methyl sites for hydroxylation is 1. The fraction of sp³-hybridized carbons (Fsp3) is 0.375. The van der Waals surface area contributed by atoms with Gasteiger partial charge in [-0.3, -0.25) is 4.99 Å². The molecule has 0 atom stereocenters. The Bertz CT molecular complexity index is 589. The third-order valence-electron chi connectivity index (χ3n) is 3.20. The summed E-state index contributed by atoms with van der Waals surface area (Å²) in [6.45, 7) is 9.28. The Morgan fingerprint density at radius 1 is 1.35 bits per heavy atom. The average molecular weight is 270 g/mol. The predicted molar refractivity (Wildman–Crippen MR) is 86.3 cm³/mol. The van der Waals surface area contributed by atoms with Crippen LogP contribution in [0.15, 0.2) is 45.9 Å². The Morgan fingerprint density at radius 3 is 2.70 bits per heavy atom. The molecular formula is C16H22N4. The van der Waals surface area contributed by atoms with Gasteiger partial charge < -0.3 is 11.1 Å². The van der Waals surface area contributed by atoms with E-state index in [1.54, 1.807) is 0 Å². The normalized spacial score (nSPS) is 15.9. The zero-order chi connectivity index (χ0) is 14.8. The molecule has 1 aromatic carbocycles. The van der Waals surface area contributed by atoms with Crippen molar-refractivity contribution in [2.24, 2.45) is 21.1 Å². The molecule has 0 spiro atoms. The van der Waals surface area contributed by atoms with Gasteiger partial charge in [0.05, 0.1) is 6.54 Å². The van der Waals surface area contributed by atoms with E-state index in [1.807, 2.05) is 37.3 Å². The third kappa shape index (κ3) is 3.70. The summed E-state index contributed by atoms with van der Waals surface area (Å²) in [5.41, 5.74) is 9.43. The monoisotopic (exact) mass is 270 g/mol. The van der Waals surface area contributed by atoms with Gasteiger partial charge in [-0.2, -0.15) is 4.99 Å². The van der Waals surface area contributed by atoms with Crippen LogP contribution in [0.1, 0.15) is 26.3 Å². The number of anilines is 1. The highest BCUT2D eigenvalue weighted by Gasteiger charge is 2.20. The molecule has 1 aromatic rings. The Morgan fingerprint density at radius 2 is 2.10 bits per heavy atom. The van der Waals surface area contributed by atoms with Crippen molar-refractivity contribution >= 4 is 17.5 Å². The third-order valence-corrected chi connectivity index (χ3v) is 3.20. The lowest BCUT2D eigenvalue weighted by Gasteiger charge is -2.18. The van der Waals surface area contributed by atoms with Gasteiger partial charge in [0.15, 0.2) is 11.8 Å². The molecule has 0 bridgehead atoms. The van der Waals surface area contributed by atoms with Gasteiger partial charge in [-0.1, -0.05) is 32.9 Å². The number of benzene rings is 1. The molecule has 0 fully saturated rings. The lowest BCUT2D eigenvalue weighted by molar-refractivity contribution is 0.499. The van der Waals surface area contributed by atoms with Crippen molar-refractivity contribution in [2.45, 2.75) is 27.7 Å². The molecule has 4 heteroatoms. The first kappa shape index (κ1) is 14.3. The molecule has 0 saturated heterocycles. The Labute approximate surface area is 120 Å². The maximum Gasteiger partial charge on any atom is 0.199 e. The number of nitrogens with zero attached hydrogens (tertiary/aromatic N) is 2. The van der Waals surface area contributed by atoms with Crippen molar-refractivity contribution in [3.63, 3.8) is 0 Å². The van der Waals surface area contributed by atoms with Crippen LogP contribution in [0, 0.1) is 12.3 Å². The van der Waals surface area contributed by atoms with Crippen molar-refractivity contribution in [1.29, 1.82) is 0 Å². The van der Waals surface area contributed by atoms with Crippen LogP contribution in [0.5, 0.6) is 0 Å². The summed E-state index contributed by atoms with van der Waals surface area (Å²) in [4.78, 5) is 8.72.